The largest absolute Gasteiger partial charge is 0.318 e. The molecule has 2 aromatic rings. The van der Waals surface area contributed by atoms with Crippen LogP contribution in [0.5, 0.6) is 0 Å². The van der Waals surface area contributed by atoms with Crippen LogP contribution in [0.1, 0.15) is 44.9 Å². The molecule has 0 aliphatic heterocycles. The molecule has 0 radical (unpaired) electrons. The van der Waals surface area contributed by atoms with Crippen molar-refractivity contribution >= 4 is 22.7 Å². The van der Waals surface area contributed by atoms with Crippen molar-refractivity contribution in [1.82, 2.24) is 4.98 Å². The molecular weight excluding hydrogens is 248 g/mol. The number of nitrogens with zero attached hydrogens (tertiary/aromatic N) is 1. The van der Waals surface area contributed by atoms with Crippen LogP contribution in [0.25, 0.3) is 0 Å². The van der Waals surface area contributed by atoms with Crippen molar-refractivity contribution < 1.29 is 0 Å². The molecule has 1 atom stereocenters. The van der Waals surface area contributed by atoms with E-state index in [0.717, 1.165) is 11.4 Å². The summed E-state index contributed by atoms with van der Waals surface area (Å²) < 4.78 is 0. The number of hydrogen-bond acceptors (Lipinski definition) is 4. The predicted molar refractivity (Wildman–Crippen MR) is 73.8 cm³/mol. The topological polar surface area (TPSA) is 38.9 Å². The Kier molecular flexibility index (Phi) is 3.03. The number of thiazole rings is 1. The molecule has 0 saturated carbocycles. The van der Waals surface area contributed by atoms with E-state index < -0.39 is 0 Å². The van der Waals surface area contributed by atoms with Crippen LogP contribution < -0.4 is 5.73 Å². The van der Waals surface area contributed by atoms with E-state index in [1.54, 1.807) is 11.3 Å². The molecule has 0 bridgehead atoms. The highest BCUT2D eigenvalue weighted by atomic mass is 32.1. The fraction of sp³-hybridized carbons (Fsp3) is 0.462. The minimum absolute atomic E-state index is 0.0226. The van der Waals surface area contributed by atoms with Gasteiger partial charge in [0.15, 0.2) is 0 Å². The Morgan fingerprint density at radius 2 is 2.18 bits per heavy atom. The second-order valence-corrected chi connectivity index (χ2v) is 6.64. The Morgan fingerprint density at radius 1 is 1.35 bits per heavy atom. The fourth-order valence-electron chi connectivity index (χ4n) is 2.32. The first-order valence-electron chi connectivity index (χ1n) is 6.04. The summed E-state index contributed by atoms with van der Waals surface area (Å²) >= 11 is 3.56. The average molecular weight is 264 g/mol. The lowest BCUT2D eigenvalue weighted by molar-refractivity contribution is 0.679. The SMILES string of the molecule is Cc1ccsc1C(N)c1nc2c(s1)CCCC2. The van der Waals surface area contributed by atoms with Crippen molar-refractivity contribution in [3.63, 3.8) is 0 Å². The van der Waals surface area contributed by atoms with E-state index >= 15 is 0 Å². The monoisotopic (exact) mass is 264 g/mol. The second-order valence-electron chi connectivity index (χ2n) is 4.57. The van der Waals surface area contributed by atoms with Gasteiger partial charge in [-0.3, -0.25) is 0 Å². The van der Waals surface area contributed by atoms with E-state index in [9.17, 15) is 0 Å². The summed E-state index contributed by atoms with van der Waals surface area (Å²) in [5, 5.41) is 3.21. The van der Waals surface area contributed by atoms with E-state index in [4.69, 9.17) is 10.7 Å². The molecule has 4 heteroatoms. The number of hydrogen-bond donors (Lipinski definition) is 1. The summed E-state index contributed by atoms with van der Waals surface area (Å²) in [4.78, 5) is 7.48. The minimum Gasteiger partial charge on any atom is -0.318 e. The maximum Gasteiger partial charge on any atom is 0.115 e. The minimum atomic E-state index is -0.0226. The number of nitrogens with two attached hydrogens (primary N) is 1. The Labute approximate surface area is 110 Å². The molecule has 17 heavy (non-hydrogen) atoms. The van der Waals surface area contributed by atoms with Crippen molar-refractivity contribution in [1.29, 1.82) is 0 Å². The Balaban J connectivity index is 1.94. The zero-order valence-electron chi connectivity index (χ0n) is 9.90. The van der Waals surface area contributed by atoms with Crippen molar-refractivity contribution in [3.05, 3.63) is 37.5 Å². The van der Waals surface area contributed by atoms with Crippen LogP contribution in [0, 0.1) is 6.92 Å². The number of rotatable bonds is 2. The van der Waals surface area contributed by atoms with Gasteiger partial charge in [-0.25, -0.2) is 4.98 Å². The normalized spacial score (nSPS) is 16.8. The van der Waals surface area contributed by atoms with Crippen LogP contribution in [0.4, 0.5) is 0 Å². The lowest BCUT2D eigenvalue weighted by Gasteiger charge is -2.07. The molecule has 90 valence electrons. The van der Waals surface area contributed by atoms with Gasteiger partial charge in [0.1, 0.15) is 5.01 Å². The van der Waals surface area contributed by atoms with E-state index in [-0.39, 0.29) is 6.04 Å². The molecule has 0 spiro atoms. The summed E-state index contributed by atoms with van der Waals surface area (Å²) in [6.07, 6.45) is 4.93. The maximum atomic E-state index is 6.33. The molecule has 0 aromatic carbocycles. The van der Waals surface area contributed by atoms with Crippen LogP contribution in [-0.2, 0) is 12.8 Å². The lowest BCUT2D eigenvalue weighted by Crippen LogP contribution is -2.11. The predicted octanol–water partition coefficient (Wildman–Crippen LogP) is 3.44. The van der Waals surface area contributed by atoms with Gasteiger partial charge in [-0.05, 0) is 49.6 Å². The second kappa shape index (κ2) is 4.52. The molecule has 2 nitrogen and oxygen atoms in total. The maximum absolute atomic E-state index is 6.33. The molecule has 1 unspecified atom stereocenters. The van der Waals surface area contributed by atoms with Crippen LogP contribution in [0.15, 0.2) is 11.4 Å². The van der Waals surface area contributed by atoms with Gasteiger partial charge in [0.25, 0.3) is 0 Å². The molecule has 0 fully saturated rings. The number of thiophene rings is 1. The van der Waals surface area contributed by atoms with Crippen LogP contribution in [0.3, 0.4) is 0 Å². The number of fused-ring (bicyclic) bond motifs is 1. The third-order valence-corrected chi connectivity index (χ3v) is 5.65. The van der Waals surface area contributed by atoms with Crippen molar-refractivity contribution in [3.8, 4) is 0 Å². The Bertz CT molecular complexity index is 504. The van der Waals surface area contributed by atoms with Crippen molar-refractivity contribution in [2.24, 2.45) is 5.73 Å². The molecular formula is C13H16N2S2. The Morgan fingerprint density at radius 3 is 2.88 bits per heavy atom. The van der Waals surface area contributed by atoms with Gasteiger partial charge in [-0.15, -0.1) is 22.7 Å². The first-order chi connectivity index (χ1) is 8.25. The summed E-state index contributed by atoms with van der Waals surface area (Å²) in [6, 6.07) is 2.11. The van der Waals surface area contributed by atoms with Crippen LogP contribution in [-0.4, -0.2) is 4.98 Å². The molecule has 1 aliphatic carbocycles. The quantitative estimate of drug-likeness (QED) is 0.902. The van der Waals surface area contributed by atoms with Gasteiger partial charge in [0, 0.05) is 9.75 Å². The van der Waals surface area contributed by atoms with E-state index in [1.807, 2.05) is 11.3 Å². The van der Waals surface area contributed by atoms with Crippen molar-refractivity contribution in [2.45, 2.75) is 38.6 Å². The van der Waals surface area contributed by atoms with E-state index in [2.05, 4.69) is 18.4 Å². The summed E-state index contributed by atoms with van der Waals surface area (Å²) in [5.41, 5.74) is 8.93. The van der Waals surface area contributed by atoms with Crippen LogP contribution >= 0.6 is 22.7 Å². The number of aromatic nitrogens is 1. The highest BCUT2D eigenvalue weighted by Gasteiger charge is 2.21. The highest BCUT2D eigenvalue weighted by molar-refractivity contribution is 7.12. The molecule has 3 rings (SSSR count). The zero-order valence-corrected chi connectivity index (χ0v) is 11.5. The van der Waals surface area contributed by atoms with Gasteiger partial charge in [0.05, 0.1) is 11.7 Å². The summed E-state index contributed by atoms with van der Waals surface area (Å²) in [6.45, 7) is 2.12. The molecule has 2 N–H and O–H groups in total. The smallest absolute Gasteiger partial charge is 0.115 e. The van der Waals surface area contributed by atoms with Gasteiger partial charge in [0.2, 0.25) is 0 Å². The summed E-state index contributed by atoms with van der Waals surface area (Å²) in [5.74, 6) is 0. The first kappa shape index (κ1) is 11.4. The zero-order chi connectivity index (χ0) is 11.8. The molecule has 0 saturated heterocycles. The van der Waals surface area contributed by atoms with Crippen LogP contribution in [0.2, 0.25) is 0 Å². The lowest BCUT2D eigenvalue weighted by atomic mass is 10.0. The average Bonchev–Trinajstić information content (AvgIpc) is 2.93. The van der Waals surface area contributed by atoms with Crippen molar-refractivity contribution in [2.75, 3.05) is 0 Å². The van der Waals surface area contributed by atoms with E-state index in [1.165, 1.54) is 40.3 Å². The summed E-state index contributed by atoms with van der Waals surface area (Å²) in [7, 11) is 0. The number of aryl methyl sites for hydroxylation is 3. The molecule has 2 aromatic heterocycles. The molecule has 1 aliphatic rings. The van der Waals surface area contributed by atoms with Gasteiger partial charge in [-0.1, -0.05) is 0 Å². The first-order valence-corrected chi connectivity index (χ1v) is 7.73. The van der Waals surface area contributed by atoms with E-state index in [0.29, 0.717) is 0 Å². The van der Waals surface area contributed by atoms with Gasteiger partial charge < -0.3 is 5.73 Å². The van der Waals surface area contributed by atoms with Gasteiger partial charge in [-0.2, -0.15) is 0 Å². The molecule has 2 heterocycles. The Hall–Kier alpha value is -0.710. The van der Waals surface area contributed by atoms with Gasteiger partial charge >= 0.3 is 0 Å². The molecule has 0 amide bonds. The standard InChI is InChI=1S/C13H16N2S2/c1-8-6-7-16-12(8)11(14)13-15-9-4-2-3-5-10(9)17-13/h6-7,11H,2-5,14H2,1H3. The highest BCUT2D eigenvalue weighted by Crippen LogP contribution is 2.34. The fourth-order valence-corrected chi connectivity index (χ4v) is 4.49. The third-order valence-electron chi connectivity index (χ3n) is 3.31. The third kappa shape index (κ3) is 2.05.